The van der Waals surface area contributed by atoms with E-state index in [-0.39, 0.29) is 11.9 Å². The van der Waals surface area contributed by atoms with Crippen molar-refractivity contribution in [2.45, 2.75) is 32.0 Å². The molecule has 0 saturated carbocycles. The molecule has 2 atom stereocenters. The van der Waals surface area contributed by atoms with Crippen LogP contribution >= 0.6 is 35.4 Å². The predicted molar refractivity (Wildman–Crippen MR) is 97.4 cm³/mol. The summed E-state index contributed by atoms with van der Waals surface area (Å²) in [6.07, 6.45) is 1.41. The zero-order valence-electron chi connectivity index (χ0n) is 13.1. The first-order valence-corrected chi connectivity index (χ1v) is 8.69. The molecule has 1 saturated heterocycles. The lowest BCUT2D eigenvalue weighted by atomic mass is 10.2. The minimum Gasteiger partial charge on any atom is -0.478 e. The van der Waals surface area contributed by atoms with Gasteiger partial charge in [-0.1, -0.05) is 29.3 Å². The quantitative estimate of drug-likeness (QED) is 0.528. The van der Waals surface area contributed by atoms with Gasteiger partial charge in [0.1, 0.15) is 0 Å². The molecular formula is C15H19Cl2N3O3S. The third-order valence-electron chi connectivity index (χ3n) is 3.40. The summed E-state index contributed by atoms with van der Waals surface area (Å²) in [5, 5.41) is 3.97. The van der Waals surface area contributed by atoms with Gasteiger partial charge in [-0.15, -0.1) is 0 Å². The fourth-order valence-corrected chi connectivity index (χ4v) is 2.72. The van der Waals surface area contributed by atoms with Gasteiger partial charge in [0.05, 0.1) is 16.1 Å². The molecule has 132 valence electrons. The van der Waals surface area contributed by atoms with Crippen molar-refractivity contribution < 1.29 is 14.3 Å². The Balaban J connectivity index is 1.74. The summed E-state index contributed by atoms with van der Waals surface area (Å²) in [6.45, 7) is 2.96. The fourth-order valence-electron chi connectivity index (χ4n) is 2.10. The van der Waals surface area contributed by atoms with Crippen LogP contribution in [0.1, 0.15) is 19.8 Å². The molecule has 2 unspecified atom stereocenters. The van der Waals surface area contributed by atoms with Crippen molar-refractivity contribution in [3.8, 4) is 5.75 Å². The second-order valence-electron chi connectivity index (χ2n) is 5.27. The van der Waals surface area contributed by atoms with Gasteiger partial charge in [0.15, 0.2) is 17.0 Å². The first kappa shape index (κ1) is 19.1. The molecule has 2 rings (SSSR count). The van der Waals surface area contributed by atoms with Gasteiger partial charge in [-0.2, -0.15) is 0 Å². The van der Waals surface area contributed by atoms with Crippen LogP contribution in [-0.2, 0) is 9.53 Å². The third-order valence-corrected chi connectivity index (χ3v) is 4.24. The number of hydrogen-bond acceptors (Lipinski definition) is 4. The minimum atomic E-state index is -0.809. The van der Waals surface area contributed by atoms with Gasteiger partial charge in [0.2, 0.25) is 0 Å². The average molecular weight is 392 g/mol. The lowest BCUT2D eigenvalue weighted by molar-refractivity contribution is -0.127. The van der Waals surface area contributed by atoms with Crippen molar-refractivity contribution in [1.29, 1.82) is 0 Å². The number of thiocarbonyl (C=S) groups is 1. The lowest BCUT2D eigenvalue weighted by Gasteiger charge is -2.18. The van der Waals surface area contributed by atoms with Crippen LogP contribution in [-0.4, -0.2) is 36.4 Å². The molecule has 1 aliphatic rings. The number of rotatable bonds is 5. The molecule has 1 heterocycles. The second-order valence-corrected chi connectivity index (χ2v) is 6.49. The van der Waals surface area contributed by atoms with Crippen molar-refractivity contribution in [2.24, 2.45) is 0 Å². The highest BCUT2D eigenvalue weighted by Crippen LogP contribution is 2.33. The predicted octanol–water partition coefficient (Wildman–Crippen LogP) is 2.43. The first-order chi connectivity index (χ1) is 11.5. The molecule has 0 bridgehead atoms. The van der Waals surface area contributed by atoms with Crippen LogP contribution in [0.5, 0.6) is 5.75 Å². The number of nitrogens with one attached hydrogen (secondary N) is 3. The molecule has 1 amide bonds. The van der Waals surface area contributed by atoms with Gasteiger partial charge in [0, 0.05) is 13.2 Å². The summed E-state index contributed by atoms with van der Waals surface area (Å²) in [6, 6.07) is 4.97. The molecule has 6 nitrogen and oxygen atoms in total. The third kappa shape index (κ3) is 5.66. The number of amides is 1. The van der Waals surface area contributed by atoms with E-state index in [1.165, 1.54) is 0 Å². The van der Waals surface area contributed by atoms with Crippen LogP contribution in [0.15, 0.2) is 18.2 Å². The van der Waals surface area contributed by atoms with Crippen LogP contribution in [0.25, 0.3) is 0 Å². The van der Waals surface area contributed by atoms with E-state index in [0.29, 0.717) is 21.7 Å². The summed E-state index contributed by atoms with van der Waals surface area (Å²) in [5.41, 5.74) is 5.09. The highest BCUT2D eigenvalue weighted by atomic mass is 35.5. The van der Waals surface area contributed by atoms with Crippen LogP contribution in [0.4, 0.5) is 0 Å². The van der Waals surface area contributed by atoms with Crippen molar-refractivity contribution in [2.75, 3.05) is 13.2 Å². The van der Waals surface area contributed by atoms with Gasteiger partial charge in [-0.05, 0) is 44.1 Å². The molecule has 24 heavy (non-hydrogen) atoms. The Morgan fingerprint density at radius 2 is 2.12 bits per heavy atom. The van der Waals surface area contributed by atoms with Crippen molar-refractivity contribution in [3.63, 3.8) is 0 Å². The van der Waals surface area contributed by atoms with Crippen LogP contribution in [0.2, 0.25) is 10.0 Å². The minimum absolute atomic E-state index is 0.157. The summed E-state index contributed by atoms with van der Waals surface area (Å²) in [5.74, 6) is -0.144. The summed E-state index contributed by atoms with van der Waals surface area (Å²) in [7, 11) is 0. The average Bonchev–Trinajstić information content (AvgIpc) is 3.07. The molecule has 3 N–H and O–H groups in total. The van der Waals surface area contributed by atoms with E-state index in [0.717, 1.165) is 19.4 Å². The zero-order chi connectivity index (χ0) is 17.5. The monoisotopic (exact) mass is 391 g/mol. The van der Waals surface area contributed by atoms with E-state index in [1.807, 2.05) is 0 Å². The summed E-state index contributed by atoms with van der Waals surface area (Å²) >= 11 is 17.1. The lowest BCUT2D eigenvalue weighted by Crippen LogP contribution is -2.51. The summed E-state index contributed by atoms with van der Waals surface area (Å²) < 4.78 is 11.0. The number of halogens is 2. The second kappa shape index (κ2) is 9.27. The molecule has 0 radical (unpaired) electrons. The van der Waals surface area contributed by atoms with Gasteiger partial charge in [-0.3, -0.25) is 15.6 Å². The molecule has 1 aromatic rings. The Morgan fingerprint density at radius 3 is 2.75 bits per heavy atom. The van der Waals surface area contributed by atoms with Gasteiger partial charge in [-0.25, -0.2) is 0 Å². The van der Waals surface area contributed by atoms with Crippen molar-refractivity contribution in [3.05, 3.63) is 28.2 Å². The number of carbonyl (C=O) groups excluding carboxylic acids is 1. The van der Waals surface area contributed by atoms with Crippen molar-refractivity contribution >= 4 is 46.4 Å². The standard InChI is InChI=1S/C15H19Cl2N3O3S/c1-9(23-13-11(16)5-2-6-12(13)17)14(21)19-20-15(24)18-8-10-4-3-7-22-10/h2,5-6,9-10H,3-4,7-8H2,1H3,(H,19,21)(H2,18,20,24). The molecule has 1 fully saturated rings. The Kier molecular flexibility index (Phi) is 7.36. The Labute approximate surface area is 156 Å². The summed E-state index contributed by atoms with van der Waals surface area (Å²) in [4.78, 5) is 12.0. The number of ether oxygens (including phenoxy) is 2. The van der Waals surface area contributed by atoms with Crippen LogP contribution in [0.3, 0.4) is 0 Å². The molecular weight excluding hydrogens is 373 g/mol. The van der Waals surface area contributed by atoms with E-state index < -0.39 is 12.0 Å². The normalized spacial score (nSPS) is 17.9. The smallest absolute Gasteiger partial charge is 0.279 e. The molecule has 0 spiro atoms. The maximum atomic E-state index is 12.0. The van der Waals surface area contributed by atoms with E-state index in [9.17, 15) is 4.79 Å². The number of carbonyl (C=O) groups is 1. The largest absolute Gasteiger partial charge is 0.478 e. The molecule has 9 heteroatoms. The van der Waals surface area contributed by atoms with E-state index in [1.54, 1.807) is 25.1 Å². The number of para-hydroxylation sites is 1. The Morgan fingerprint density at radius 1 is 1.42 bits per heavy atom. The molecule has 0 aliphatic carbocycles. The van der Waals surface area contributed by atoms with Gasteiger partial charge < -0.3 is 14.8 Å². The SMILES string of the molecule is CC(Oc1c(Cl)cccc1Cl)C(=O)NNC(=S)NCC1CCCO1. The first-order valence-electron chi connectivity index (χ1n) is 7.53. The number of hydrazine groups is 1. The van der Waals surface area contributed by atoms with Crippen LogP contribution in [0, 0.1) is 0 Å². The van der Waals surface area contributed by atoms with E-state index in [2.05, 4.69) is 16.2 Å². The zero-order valence-corrected chi connectivity index (χ0v) is 15.4. The van der Waals surface area contributed by atoms with E-state index in [4.69, 9.17) is 44.9 Å². The molecule has 1 aromatic carbocycles. The number of benzene rings is 1. The maximum absolute atomic E-state index is 12.0. The Bertz CT molecular complexity index is 577. The highest BCUT2D eigenvalue weighted by Gasteiger charge is 2.19. The van der Waals surface area contributed by atoms with Gasteiger partial charge in [0.25, 0.3) is 5.91 Å². The van der Waals surface area contributed by atoms with Crippen molar-refractivity contribution in [1.82, 2.24) is 16.2 Å². The van der Waals surface area contributed by atoms with Crippen LogP contribution < -0.4 is 20.9 Å². The fraction of sp³-hybridized carbons (Fsp3) is 0.467. The molecule has 1 aliphatic heterocycles. The topological polar surface area (TPSA) is 71.6 Å². The van der Waals surface area contributed by atoms with E-state index >= 15 is 0 Å². The van der Waals surface area contributed by atoms with Gasteiger partial charge >= 0.3 is 0 Å². The molecule has 0 aromatic heterocycles. The maximum Gasteiger partial charge on any atom is 0.279 e. The Hall–Kier alpha value is -1.28. The number of hydrogen-bond donors (Lipinski definition) is 3. The highest BCUT2D eigenvalue weighted by molar-refractivity contribution is 7.80.